The van der Waals surface area contributed by atoms with Gasteiger partial charge in [0.1, 0.15) is 4.90 Å². The van der Waals surface area contributed by atoms with Crippen LogP contribution in [-0.2, 0) is 21.4 Å². The van der Waals surface area contributed by atoms with Crippen molar-refractivity contribution in [3.8, 4) is 0 Å². The maximum absolute atomic E-state index is 12.3. The minimum absolute atomic E-state index is 0.00879. The van der Waals surface area contributed by atoms with Crippen LogP contribution in [0.25, 0.3) is 0 Å². The van der Waals surface area contributed by atoms with Gasteiger partial charge in [-0.3, -0.25) is 0 Å². The highest BCUT2D eigenvalue weighted by Gasteiger charge is 2.42. The molecule has 0 aromatic carbocycles. The number of hydrogen-bond donors (Lipinski definition) is 2. The third kappa shape index (κ3) is 2.62. The quantitative estimate of drug-likeness (QED) is 0.847. The summed E-state index contributed by atoms with van der Waals surface area (Å²) in [6, 6.07) is 1.37. The van der Waals surface area contributed by atoms with Crippen LogP contribution in [0.15, 0.2) is 14.7 Å². The Morgan fingerprint density at radius 1 is 1.53 bits per heavy atom. The Bertz CT molecular complexity index is 586. The number of halogens is 1. The monoisotopic (exact) mass is 367 g/mol. The van der Waals surface area contributed by atoms with E-state index in [1.165, 1.54) is 17.4 Å². The van der Waals surface area contributed by atoms with Gasteiger partial charge in [-0.1, -0.05) is 0 Å². The van der Waals surface area contributed by atoms with Crippen LogP contribution in [0.3, 0.4) is 0 Å². The van der Waals surface area contributed by atoms with Crippen LogP contribution in [-0.4, -0.2) is 31.8 Å². The van der Waals surface area contributed by atoms with E-state index in [0.29, 0.717) is 8.66 Å². The fourth-order valence-corrected chi connectivity index (χ4v) is 6.50. The first kappa shape index (κ1) is 14.0. The molecule has 2 bridgehead atoms. The second-order valence-electron chi connectivity index (χ2n) is 4.85. The fourth-order valence-electron chi connectivity index (χ4n) is 2.68. The third-order valence-corrected chi connectivity index (χ3v) is 7.29. The highest BCUT2D eigenvalue weighted by Crippen LogP contribution is 2.36. The lowest BCUT2D eigenvalue weighted by Crippen LogP contribution is -2.41. The van der Waals surface area contributed by atoms with Crippen molar-refractivity contribution in [1.29, 1.82) is 0 Å². The second-order valence-corrected chi connectivity index (χ2v) is 8.98. The summed E-state index contributed by atoms with van der Waals surface area (Å²) in [6.07, 6.45) is 2.91. The van der Waals surface area contributed by atoms with Crippen LogP contribution in [0.5, 0.6) is 0 Å². The van der Waals surface area contributed by atoms with E-state index in [1.807, 2.05) is 0 Å². The van der Waals surface area contributed by atoms with Crippen LogP contribution < -0.4 is 4.72 Å². The number of rotatable bonds is 4. The molecule has 2 N–H and O–H groups in total. The molecule has 1 aromatic rings. The molecular weight excluding hydrogens is 354 g/mol. The molecule has 3 rings (SSSR count). The van der Waals surface area contributed by atoms with Crippen LogP contribution in [0.2, 0.25) is 0 Å². The van der Waals surface area contributed by atoms with Gasteiger partial charge in [-0.15, -0.1) is 11.3 Å². The highest BCUT2D eigenvalue weighted by atomic mass is 79.9. The number of aliphatic hydroxyl groups is 1. The van der Waals surface area contributed by atoms with E-state index in [4.69, 9.17) is 9.84 Å². The highest BCUT2D eigenvalue weighted by molar-refractivity contribution is 9.11. The molecule has 0 radical (unpaired) electrons. The third-order valence-electron chi connectivity index (χ3n) is 3.56. The van der Waals surface area contributed by atoms with E-state index in [-0.39, 0.29) is 29.8 Å². The van der Waals surface area contributed by atoms with Gasteiger partial charge in [0.25, 0.3) is 0 Å². The molecule has 0 saturated carbocycles. The van der Waals surface area contributed by atoms with Gasteiger partial charge in [0.15, 0.2) is 0 Å². The van der Waals surface area contributed by atoms with Crippen molar-refractivity contribution in [2.75, 3.05) is 0 Å². The summed E-state index contributed by atoms with van der Waals surface area (Å²) in [5, 5.41) is 9.07. The van der Waals surface area contributed by atoms with Gasteiger partial charge in [0, 0.05) is 4.88 Å². The molecule has 2 saturated heterocycles. The van der Waals surface area contributed by atoms with Gasteiger partial charge in [-0.2, -0.15) is 0 Å². The number of aliphatic hydroxyl groups excluding tert-OH is 1. The van der Waals surface area contributed by atoms with Crippen molar-refractivity contribution < 1.29 is 18.3 Å². The Kier molecular flexibility index (Phi) is 3.74. The molecular formula is C11H14BrNO4S2. The summed E-state index contributed by atoms with van der Waals surface area (Å²) in [4.78, 5) is 0.820. The predicted octanol–water partition coefficient (Wildman–Crippen LogP) is 1.60. The number of nitrogens with one attached hydrogen (secondary N) is 1. The van der Waals surface area contributed by atoms with Gasteiger partial charge in [0.2, 0.25) is 10.0 Å². The van der Waals surface area contributed by atoms with Crippen molar-refractivity contribution in [1.82, 2.24) is 4.72 Å². The van der Waals surface area contributed by atoms with Crippen molar-refractivity contribution in [2.24, 2.45) is 0 Å². The molecule has 3 unspecified atom stereocenters. The zero-order valence-corrected chi connectivity index (χ0v) is 13.2. The van der Waals surface area contributed by atoms with Crippen LogP contribution in [0, 0.1) is 0 Å². The Morgan fingerprint density at radius 3 is 2.84 bits per heavy atom. The summed E-state index contributed by atoms with van der Waals surface area (Å²) in [5.74, 6) is 0. The first-order chi connectivity index (χ1) is 8.99. The Hall–Kier alpha value is 0.01000. The zero-order chi connectivity index (χ0) is 13.6. The largest absolute Gasteiger partial charge is 0.391 e. The normalized spacial score (nSPS) is 30.1. The van der Waals surface area contributed by atoms with Gasteiger partial charge in [0.05, 0.1) is 28.6 Å². The smallest absolute Gasteiger partial charge is 0.242 e. The Morgan fingerprint density at radius 2 is 2.32 bits per heavy atom. The molecule has 106 valence electrons. The molecule has 19 heavy (non-hydrogen) atoms. The summed E-state index contributed by atoms with van der Waals surface area (Å²) < 4.78 is 33.6. The molecule has 3 heterocycles. The van der Waals surface area contributed by atoms with Crippen molar-refractivity contribution in [3.05, 3.63) is 14.7 Å². The van der Waals surface area contributed by atoms with E-state index >= 15 is 0 Å². The lowest BCUT2D eigenvalue weighted by molar-refractivity contribution is 0.0996. The average Bonchev–Trinajstić information content (AvgIpc) is 3.02. The Labute approximate surface area is 124 Å². The minimum Gasteiger partial charge on any atom is -0.391 e. The first-order valence-electron chi connectivity index (χ1n) is 6.06. The fraction of sp³-hybridized carbons (Fsp3) is 0.636. The lowest BCUT2D eigenvalue weighted by Gasteiger charge is -2.19. The maximum Gasteiger partial charge on any atom is 0.242 e. The molecule has 0 amide bonds. The van der Waals surface area contributed by atoms with E-state index in [0.717, 1.165) is 19.3 Å². The molecule has 5 nitrogen and oxygen atoms in total. The number of sulfonamides is 1. The van der Waals surface area contributed by atoms with Crippen molar-refractivity contribution >= 4 is 37.3 Å². The SMILES string of the molecule is O=S(=O)(NC1CC2CCC1O2)c1cc(CO)sc1Br. The Balaban J connectivity index is 1.80. The summed E-state index contributed by atoms with van der Waals surface area (Å²) in [7, 11) is -3.56. The number of thiophene rings is 1. The van der Waals surface area contributed by atoms with Crippen LogP contribution >= 0.6 is 27.3 Å². The van der Waals surface area contributed by atoms with Crippen LogP contribution in [0.1, 0.15) is 24.1 Å². The van der Waals surface area contributed by atoms with E-state index in [9.17, 15) is 8.42 Å². The van der Waals surface area contributed by atoms with E-state index < -0.39 is 10.0 Å². The van der Waals surface area contributed by atoms with Gasteiger partial charge in [-0.05, 0) is 41.3 Å². The molecule has 8 heteroatoms. The topological polar surface area (TPSA) is 75.6 Å². The molecule has 3 atom stereocenters. The summed E-state index contributed by atoms with van der Waals surface area (Å²) in [5.41, 5.74) is 0. The standard InChI is InChI=1S/C11H14BrNO4S2/c12-11-10(4-7(5-14)18-11)19(15,16)13-8-3-6-1-2-9(8)17-6/h4,6,8-9,13-14H,1-3,5H2. The predicted molar refractivity (Wildman–Crippen MR) is 74.6 cm³/mol. The molecule has 2 aliphatic heterocycles. The van der Waals surface area contributed by atoms with Crippen molar-refractivity contribution in [2.45, 2.75) is 49.0 Å². The van der Waals surface area contributed by atoms with Crippen LogP contribution in [0.4, 0.5) is 0 Å². The van der Waals surface area contributed by atoms with Gasteiger partial charge >= 0.3 is 0 Å². The summed E-state index contributed by atoms with van der Waals surface area (Å²) in [6.45, 7) is -0.157. The van der Waals surface area contributed by atoms with Gasteiger partial charge in [-0.25, -0.2) is 13.1 Å². The zero-order valence-electron chi connectivity index (χ0n) is 10.0. The number of hydrogen-bond acceptors (Lipinski definition) is 5. The molecule has 2 aliphatic rings. The number of fused-ring (bicyclic) bond motifs is 2. The minimum atomic E-state index is -3.56. The van der Waals surface area contributed by atoms with Crippen molar-refractivity contribution in [3.63, 3.8) is 0 Å². The molecule has 2 fully saturated rings. The average molecular weight is 368 g/mol. The van der Waals surface area contributed by atoms with E-state index in [2.05, 4.69) is 20.7 Å². The summed E-state index contributed by atoms with van der Waals surface area (Å²) >= 11 is 4.47. The first-order valence-corrected chi connectivity index (χ1v) is 9.16. The lowest BCUT2D eigenvalue weighted by atomic mass is 9.96. The van der Waals surface area contributed by atoms with E-state index in [1.54, 1.807) is 0 Å². The number of ether oxygens (including phenoxy) is 1. The van der Waals surface area contributed by atoms with Gasteiger partial charge < -0.3 is 9.84 Å². The second kappa shape index (κ2) is 5.09. The maximum atomic E-state index is 12.3. The molecule has 0 spiro atoms. The molecule has 0 aliphatic carbocycles. The molecule has 1 aromatic heterocycles.